The van der Waals surface area contributed by atoms with E-state index < -0.39 is 128 Å². The Morgan fingerprint density at radius 2 is 1.53 bits per heavy atom. The minimum atomic E-state index is -1.81. The number of rotatable bonds is 14. The topological polar surface area (TPSA) is 380 Å². The summed E-state index contributed by atoms with van der Waals surface area (Å²) in [5.41, 5.74) is 27.9. The maximum absolute atomic E-state index is 13.0. The van der Waals surface area contributed by atoms with E-state index in [2.05, 4.69) is 16.0 Å². The van der Waals surface area contributed by atoms with Gasteiger partial charge < -0.3 is 109 Å². The molecule has 2 unspecified atom stereocenters. The molecule has 18 atom stereocenters. The minimum absolute atomic E-state index is 0.0277. The third-order valence-electron chi connectivity index (χ3n) is 11.6. The Bertz CT molecular complexity index is 1330. The van der Waals surface area contributed by atoms with Crippen molar-refractivity contribution in [1.82, 2.24) is 16.0 Å². The van der Waals surface area contributed by atoms with Crippen molar-refractivity contribution < 1.29 is 69.0 Å². The van der Waals surface area contributed by atoms with Gasteiger partial charge in [-0.3, -0.25) is 4.79 Å². The Kier molecular flexibility index (Phi) is 13.7. The first-order valence-corrected chi connectivity index (χ1v) is 18.9. The van der Waals surface area contributed by atoms with Crippen molar-refractivity contribution in [2.45, 2.75) is 147 Å². The second-order valence-electron chi connectivity index (χ2n) is 15.7. The molecule has 4 heterocycles. The molecule has 3 saturated heterocycles. The molecule has 0 aromatic heterocycles. The summed E-state index contributed by atoms with van der Waals surface area (Å²) in [6.07, 6.45) is -13.1. The van der Waals surface area contributed by atoms with Gasteiger partial charge in [0.25, 0.3) is 5.91 Å². The molecule has 2 saturated carbocycles. The molecule has 6 rings (SSSR count). The van der Waals surface area contributed by atoms with Crippen LogP contribution in [0.25, 0.3) is 0 Å². The molecule has 0 spiro atoms. The molecule has 4 aliphatic heterocycles. The molecule has 55 heavy (non-hydrogen) atoms. The molecular formula is C33H60N8O14. The summed E-state index contributed by atoms with van der Waals surface area (Å²) >= 11 is 0. The molecule has 316 valence electrons. The SMILES string of the molecule is NC[C@@H]1O[C@H](O[C@H]2[C@@H](O)[C@H](O[C@@H]3[C@@H](O)[C@H](NC(=O)C4(O)CC4N)C[C@H](N)[C@H]3O[C@H]3OC(CNCC4(O)CCNCC4)=CC[C@H]3N)O[C@@H]2CO)[C@H](N)[C@@H](O)[C@@H]1O. The predicted octanol–water partition coefficient (Wildman–Crippen LogP) is -8.35. The lowest BCUT2D eigenvalue weighted by molar-refractivity contribution is -0.282. The molecular weight excluding hydrogens is 732 g/mol. The van der Waals surface area contributed by atoms with Gasteiger partial charge in [0.2, 0.25) is 6.29 Å². The Labute approximate surface area is 317 Å². The number of hydrogen-bond acceptors (Lipinski definition) is 21. The van der Waals surface area contributed by atoms with E-state index in [1.165, 1.54) is 0 Å². The van der Waals surface area contributed by atoms with E-state index in [0.717, 1.165) is 0 Å². The monoisotopic (exact) mass is 792 g/mol. The van der Waals surface area contributed by atoms with Crippen LogP contribution in [0.3, 0.4) is 0 Å². The quantitative estimate of drug-likeness (QED) is 0.0776. The van der Waals surface area contributed by atoms with Crippen LogP contribution in [0.4, 0.5) is 0 Å². The Morgan fingerprint density at radius 3 is 2.18 bits per heavy atom. The van der Waals surface area contributed by atoms with Crippen molar-refractivity contribution >= 4 is 5.91 Å². The number of aliphatic hydroxyl groups is 7. The van der Waals surface area contributed by atoms with Crippen LogP contribution in [0.5, 0.6) is 0 Å². The van der Waals surface area contributed by atoms with Gasteiger partial charge in [-0.15, -0.1) is 0 Å². The van der Waals surface area contributed by atoms with Crippen LogP contribution in [-0.2, 0) is 33.2 Å². The van der Waals surface area contributed by atoms with E-state index in [4.69, 9.17) is 57.1 Å². The van der Waals surface area contributed by atoms with Crippen molar-refractivity contribution in [2.75, 3.05) is 39.3 Å². The zero-order valence-corrected chi connectivity index (χ0v) is 30.5. The molecule has 22 nitrogen and oxygen atoms in total. The van der Waals surface area contributed by atoms with Gasteiger partial charge >= 0.3 is 0 Å². The zero-order chi connectivity index (χ0) is 39.8. The molecule has 6 aliphatic rings. The number of aliphatic hydroxyl groups excluding tert-OH is 5. The van der Waals surface area contributed by atoms with Gasteiger partial charge in [0, 0.05) is 31.6 Å². The number of piperidine rings is 1. The Morgan fingerprint density at radius 1 is 0.873 bits per heavy atom. The van der Waals surface area contributed by atoms with Crippen LogP contribution < -0.4 is 44.6 Å². The maximum atomic E-state index is 13.0. The summed E-state index contributed by atoms with van der Waals surface area (Å²) in [4.78, 5) is 13.0. The van der Waals surface area contributed by atoms with Crippen molar-refractivity contribution in [3.63, 3.8) is 0 Å². The van der Waals surface area contributed by atoms with Crippen molar-refractivity contribution in [1.29, 1.82) is 0 Å². The van der Waals surface area contributed by atoms with E-state index in [1.54, 1.807) is 0 Å². The fraction of sp³-hybridized carbons (Fsp3) is 0.909. The lowest BCUT2D eigenvalue weighted by Crippen LogP contribution is -2.67. The summed E-state index contributed by atoms with van der Waals surface area (Å²) < 4.78 is 36.1. The van der Waals surface area contributed by atoms with Gasteiger partial charge in [0.1, 0.15) is 60.7 Å². The van der Waals surface area contributed by atoms with Crippen LogP contribution in [0.15, 0.2) is 11.8 Å². The summed E-state index contributed by atoms with van der Waals surface area (Å²) in [6, 6.07) is -4.77. The highest BCUT2D eigenvalue weighted by Gasteiger charge is 2.59. The fourth-order valence-corrected chi connectivity index (χ4v) is 7.81. The average Bonchev–Trinajstić information content (AvgIpc) is 3.68. The van der Waals surface area contributed by atoms with Gasteiger partial charge in [0.15, 0.2) is 18.2 Å². The standard InChI is InChI=1S/C33H60N8O14/c34-9-17-22(44)23(45)20(38)29(51-17)54-26-18(11-42)52-30(24(26)46)55-27-21(43)16(41-31(47)33(49)8-19(33)37)7-15(36)25(27)53-28-14(35)2-1-13(50-28)10-40-12-32(48)3-5-39-6-4-32/h1,14-30,39-40,42-46,48-49H,2-12,34-38H2,(H,41,47)/t14-,15+,16-,17+,18-,19?,20-,21+,22-,23-,24-,25-,26-,27-,28-,29-,30+,33?/m1/s1. The third-order valence-corrected chi connectivity index (χ3v) is 11.6. The van der Waals surface area contributed by atoms with Gasteiger partial charge in [-0.2, -0.15) is 0 Å². The molecule has 0 radical (unpaired) electrons. The molecule has 1 amide bonds. The summed E-state index contributed by atoms with van der Waals surface area (Å²) in [6.45, 7) is 1.17. The van der Waals surface area contributed by atoms with Crippen LogP contribution in [0, 0.1) is 0 Å². The number of amides is 1. The van der Waals surface area contributed by atoms with E-state index in [9.17, 15) is 40.5 Å². The second kappa shape index (κ2) is 17.6. The summed E-state index contributed by atoms with van der Waals surface area (Å²) in [7, 11) is 0. The van der Waals surface area contributed by atoms with E-state index in [1.807, 2.05) is 6.08 Å². The van der Waals surface area contributed by atoms with Gasteiger partial charge in [-0.05, 0) is 44.8 Å². The third kappa shape index (κ3) is 9.28. The molecule has 20 N–H and O–H groups in total. The number of ether oxygens (including phenoxy) is 6. The summed E-state index contributed by atoms with van der Waals surface area (Å²) in [5, 5.41) is 84.6. The highest BCUT2D eigenvalue weighted by Crippen LogP contribution is 2.37. The number of hydrogen-bond donors (Lipinski definition) is 15. The zero-order valence-electron chi connectivity index (χ0n) is 30.5. The van der Waals surface area contributed by atoms with Crippen molar-refractivity contribution in [3.8, 4) is 0 Å². The van der Waals surface area contributed by atoms with Crippen LogP contribution in [-0.4, -0.2) is 196 Å². The lowest BCUT2D eigenvalue weighted by atomic mass is 9.83. The largest absolute Gasteiger partial charge is 0.467 e. The number of nitrogens with one attached hydrogen (secondary N) is 3. The second-order valence-corrected chi connectivity index (χ2v) is 15.7. The average molecular weight is 793 g/mol. The van der Waals surface area contributed by atoms with Crippen LogP contribution >= 0.6 is 0 Å². The van der Waals surface area contributed by atoms with Gasteiger partial charge in [-0.1, -0.05) is 0 Å². The fourth-order valence-electron chi connectivity index (χ4n) is 7.81. The molecule has 2 aliphatic carbocycles. The molecule has 0 bridgehead atoms. The van der Waals surface area contributed by atoms with E-state index >= 15 is 0 Å². The smallest absolute Gasteiger partial charge is 0.253 e. The van der Waals surface area contributed by atoms with E-state index in [0.29, 0.717) is 44.7 Å². The predicted molar refractivity (Wildman–Crippen MR) is 188 cm³/mol. The first-order valence-electron chi connectivity index (χ1n) is 18.9. The van der Waals surface area contributed by atoms with E-state index in [-0.39, 0.29) is 25.9 Å². The normalized spacial score (nSPS) is 47.1. The van der Waals surface area contributed by atoms with Crippen LogP contribution in [0.2, 0.25) is 0 Å². The Balaban J connectivity index is 1.16. The maximum Gasteiger partial charge on any atom is 0.253 e. The molecule has 0 aromatic rings. The molecule has 5 fully saturated rings. The highest BCUT2D eigenvalue weighted by atomic mass is 16.8. The number of carbonyl (C=O) groups is 1. The van der Waals surface area contributed by atoms with Gasteiger partial charge in [-0.25, -0.2) is 0 Å². The Hall–Kier alpha value is -1.75. The lowest BCUT2D eigenvalue weighted by Gasteiger charge is -2.46. The van der Waals surface area contributed by atoms with Crippen molar-refractivity contribution in [3.05, 3.63) is 11.8 Å². The number of carbonyl (C=O) groups excluding carboxylic acids is 1. The first-order chi connectivity index (χ1) is 26.1. The minimum Gasteiger partial charge on any atom is -0.467 e. The molecule has 22 heteroatoms. The first kappa shape index (κ1) is 42.8. The van der Waals surface area contributed by atoms with Crippen LogP contribution in [0.1, 0.15) is 32.1 Å². The molecule has 0 aromatic carbocycles. The summed E-state index contributed by atoms with van der Waals surface area (Å²) in [5.74, 6) is -0.301. The van der Waals surface area contributed by atoms with Crippen molar-refractivity contribution in [2.24, 2.45) is 28.7 Å². The van der Waals surface area contributed by atoms with Gasteiger partial charge in [0.05, 0.1) is 36.9 Å². The number of nitrogens with two attached hydrogens (primary N) is 5. The highest BCUT2D eigenvalue weighted by molar-refractivity contribution is 5.89.